The van der Waals surface area contributed by atoms with Crippen LogP contribution in [0.5, 0.6) is 0 Å². The van der Waals surface area contributed by atoms with Gasteiger partial charge in [-0.1, -0.05) is 0 Å². The molecular formula is H3B2F4O3-. The van der Waals surface area contributed by atoms with Crippen LogP contribution in [-0.2, 0) is 0 Å². The Morgan fingerprint density at radius 1 is 0.889 bits per heavy atom. The molecule has 9 heavy (non-hydrogen) atoms. The fourth-order valence-electron chi connectivity index (χ4n) is 0. The maximum absolute atomic E-state index is 9.75. The average Bonchev–Trinajstić information content (AvgIpc) is 1.19. The lowest BCUT2D eigenvalue weighted by atomic mass is 10.3. The summed E-state index contributed by atoms with van der Waals surface area (Å²) in [4.78, 5) is 0. The van der Waals surface area contributed by atoms with E-state index in [9.17, 15) is 17.3 Å². The van der Waals surface area contributed by atoms with Crippen LogP contribution in [0, 0.1) is 0 Å². The summed E-state index contributed by atoms with van der Waals surface area (Å²) in [6, 6.07) is 0. The van der Waals surface area contributed by atoms with Gasteiger partial charge in [0.1, 0.15) is 0 Å². The minimum atomic E-state index is -6.00. The monoisotopic (exact) mass is 149 g/mol. The van der Waals surface area contributed by atoms with Crippen LogP contribution in [0.3, 0.4) is 0 Å². The zero-order valence-corrected chi connectivity index (χ0v) is 4.01. The largest absolute Gasteiger partial charge is 0.673 e. The second-order valence-corrected chi connectivity index (χ2v) is 0.841. The summed E-state index contributed by atoms with van der Waals surface area (Å²) in [5, 5.41) is 21.5. The second-order valence-electron chi connectivity index (χ2n) is 0.841. The first-order valence-electron chi connectivity index (χ1n) is 1.65. The van der Waals surface area contributed by atoms with E-state index in [4.69, 9.17) is 15.1 Å². The molecule has 0 aliphatic heterocycles. The van der Waals surface area contributed by atoms with Crippen molar-refractivity contribution < 1.29 is 32.3 Å². The second kappa shape index (κ2) is 4.59. The van der Waals surface area contributed by atoms with Crippen molar-refractivity contribution in [1.29, 1.82) is 0 Å². The Kier molecular flexibility index (Phi) is 5.88. The Labute approximate surface area is 48.2 Å². The van der Waals surface area contributed by atoms with Crippen LogP contribution < -0.4 is 0 Å². The SMILES string of the molecule is F[B-](F)(F)F.OB(O)O. The first-order chi connectivity index (χ1) is 3.73. The summed E-state index contributed by atoms with van der Waals surface area (Å²) in [6.45, 7) is 0. The summed E-state index contributed by atoms with van der Waals surface area (Å²) in [7, 11) is -8.17. The van der Waals surface area contributed by atoms with Crippen LogP contribution in [0.2, 0.25) is 0 Å². The molecule has 0 aliphatic carbocycles. The van der Waals surface area contributed by atoms with Crippen molar-refractivity contribution in [3.63, 3.8) is 0 Å². The van der Waals surface area contributed by atoms with Crippen LogP contribution in [0.15, 0.2) is 0 Å². The van der Waals surface area contributed by atoms with Gasteiger partial charge in [0.25, 0.3) is 0 Å². The number of rotatable bonds is 0. The topological polar surface area (TPSA) is 60.7 Å². The van der Waals surface area contributed by atoms with Crippen molar-refractivity contribution >= 4 is 14.6 Å². The first-order valence-corrected chi connectivity index (χ1v) is 1.65. The Hall–Kier alpha value is -0.270. The van der Waals surface area contributed by atoms with Gasteiger partial charge in [-0.2, -0.15) is 0 Å². The van der Waals surface area contributed by atoms with E-state index in [0.717, 1.165) is 0 Å². The van der Waals surface area contributed by atoms with Crippen LogP contribution in [-0.4, -0.2) is 29.6 Å². The summed E-state index contributed by atoms with van der Waals surface area (Å²) in [6.07, 6.45) is 0. The van der Waals surface area contributed by atoms with Crippen LogP contribution in [0.1, 0.15) is 0 Å². The number of hydrogen-bond donors (Lipinski definition) is 3. The lowest BCUT2D eigenvalue weighted by Crippen LogP contribution is -2.07. The minimum Gasteiger partial charge on any atom is -0.418 e. The summed E-state index contributed by atoms with van der Waals surface area (Å²) < 4.78 is 39.0. The van der Waals surface area contributed by atoms with Gasteiger partial charge in [-0.15, -0.1) is 0 Å². The van der Waals surface area contributed by atoms with Crippen molar-refractivity contribution in [1.82, 2.24) is 0 Å². The molecule has 3 N–H and O–H groups in total. The third kappa shape index (κ3) is 3480. The van der Waals surface area contributed by atoms with Crippen molar-refractivity contribution in [2.75, 3.05) is 0 Å². The minimum absolute atomic E-state index is 2.17. The van der Waals surface area contributed by atoms with Gasteiger partial charge in [0.15, 0.2) is 0 Å². The zero-order chi connectivity index (χ0) is 8.08. The molecule has 9 heteroatoms. The molecule has 0 aromatic rings. The zero-order valence-electron chi connectivity index (χ0n) is 4.01. The molecule has 0 aromatic carbocycles. The average molecular weight is 149 g/mol. The van der Waals surface area contributed by atoms with Crippen molar-refractivity contribution in [2.45, 2.75) is 0 Å². The third-order valence-electron chi connectivity index (χ3n) is 0. The van der Waals surface area contributed by atoms with E-state index in [1.165, 1.54) is 0 Å². The number of hydrogen-bond acceptors (Lipinski definition) is 3. The molecule has 0 spiro atoms. The molecule has 0 atom stereocenters. The molecule has 0 heterocycles. The molecule has 0 saturated carbocycles. The summed E-state index contributed by atoms with van der Waals surface area (Å²) in [5.41, 5.74) is 0. The fraction of sp³-hybridized carbons (Fsp3) is 0. The van der Waals surface area contributed by atoms with Gasteiger partial charge < -0.3 is 32.3 Å². The van der Waals surface area contributed by atoms with E-state index in [-0.39, 0.29) is 0 Å². The molecule has 3 nitrogen and oxygen atoms in total. The maximum Gasteiger partial charge on any atom is 0.673 e. The van der Waals surface area contributed by atoms with Gasteiger partial charge >= 0.3 is 14.6 Å². The fourth-order valence-corrected chi connectivity index (χ4v) is 0. The number of halogens is 4. The van der Waals surface area contributed by atoms with Crippen molar-refractivity contribution in [2.24, 2.45) is 0 Å². The van der Waals surface area contributed by atoms with E-state index in [2.05, 4.69) is 0 Å². The molecular weight excluding hydrogens is 146 g/mol. The maximum atomic E-state index is 9.75. The third-order valence-corrected chi connectivity index (χ3v) is 0. The Morgan fingerprint density at radius 2 is 0.889 bits per heavy atom. The molecule has 0 saturated heterocycles. The highest BCUT2D eigenvalue weighted by atomic mass is 19.5. The molecule has 0 aromatic heterocycles. The van der Waals surface area contributed by atoms with Crippen LogP contribution >= 0.6 is 0 Å². The predicted molar refractivity (Wildman–Crippen MR) is 22.6 cm³/mol. The van der Waals surface area contributed by atoms with Gasteiger partial charge in [-0.25, -0.2) is 0 Å². The molecule has 0 aliphatic rings. The van der Waals surface area contributed by atoms with E-state index < -0.39 is 14.6 Å². The van der Waals surface area contributed by atoms with E-state index in [1.807, 2.05) is 0 Å². The highest BCUT2D eigenvalue weighted by molar-refractivity contribution is 6.50. The predicted octanol–water partition coefficient (Wildman–Crippen LogP) is -0.752. The smallest absolute Gasteiger partial charge is 0.418 e. The standard InChI is InChI=1S/BF4.BH3O3/c2-1(3,4)5;2-1(3)4/h;2-4H/q-1;. The highest BCUT2D eigenvalue weighted by Gasteiger charge is 2.20. The van der Waals surface area contributed by atoms with Crippen molar-refractivity contribution in [3.8, 4) is 0 Å². The van der Waals surface area contributed by atoms with E-state index in [1.54, 1.807) is 0 Å². The molecule has 0 radical (unpaired) electrons. The molecule has 0 amide bonds. The molecule has 0 bridgehead atoms. The normalized spacial score (nSPS) is 9.67. The van der Waals surface area contributed by atoms with Gasteiger partial charge in [-0.3, -0.25) is 0 Å². The Morgan fingerprint density at radius 3 is 0.889 bits per heavy atom. The summed E-state index contributed by atoms with van der Waals surface area (Å²) in [5.74, 6) is 0. The van der Waals surface area contributed by atoms with Gasteiger partial charge in [0.05, 0.1) is 0 Å². The lowest BCUT2D eigenvalue weighted by Gasteiger charge is -1.94. The quantitative estimate of drug-likeness (QED) is 0.313. The van der Waals surface area contributed by atoms with Gasteiger partial charge in [0, 0.05) is 0 Å². The first kappa shape index (κ1) is 11.5. The lowest BCUT2D eigenvalue weighted by molar-refractivity contribution is 0.278. The van der Waals surface area contributed by atoms with E-state index >= 15 is 0 Å². The summed E-state index contributed by atoms with van der Waals surface area (Å²) >= 11 is 0. The van der Waals surface area contributed by atoms with Gasteiger partial charge in [-0.05, 0) is 0 Å². The molecule has 0 rings (SSSR count). The van der Waals surface area contributed by atoms with Crippen molar-refractivity contribution in [3.05, 3.63) is 0 Å². The Bertz CT molecular complexity index is 50.6. The van der Waals surface area contributed by atoms with Crippen LogP contribution in [0.4, 0.5) is 17.3 Å². The Balaban J connectivity index is 0. The highest BCUT2D eigenvalue weighted by Crippen LogP contribution is 2.06. The molecule has 0 fully saturated rings. The molecule has 0 unspecified atom stereocenters. The van der Waals surface area contributed by atoms with Crippen LogP contribution in [0.25, 0.3) is 0 Å². The van der Waals surface area contributed by atoms with Gasteiger partial charge in [0.2, 0.25) is 0 Å². The molecule has 56 valence electrons. The van der Waals surface area contributed by atoms with E-state index in [0.29, 0.717) is 0 Å².